The molecular weight excluding hydrogens is 142 g/mol. The van der Waals surface area contributed by atoms with Crippen LogP contribution in [0.4, 0.5) is 0 Å². The molecule has 0 spiro atoms. The van der Waals surface area contributed by atoms with Crippen molar-refractivity contribution in [2.75, 3.05) is 6.61 Å². The minimum Gasteiger partial charge on any atom is -0.394 e. The van der Waals surface area contributed by atoms with Gasteiger partial charge in [0.05, 0.1) is 18.8 Å². The normalized spacial score (nSPS) is 12.9. The van der Waals surface area contributed by atoms with Crippen molar-refractivity contribution in [2.24, 2.45) is 5.73 Å². The number of aliphatic hydroxyl groups excluding tert-OH is 1. The Hall–Kier alpha value is -1.13. The van der Waals surface area contributed by atoms with E-state index in [1.165, 1.54) is 0 Å². The highest BCUT2D eigenvalue weighted by atomic mass is 16.3. The van der Waals surface area contributed by atoms with Gasteiger partial charge in [-0.15, -0.1) is 0 Å². The summed E-state index contributed by atoms with van der Waals surface area (Å²) in [5.74, 6) is 0. The first-order valence-electron chi connectivity index (χ1n) is 3.31. The fraction of sp³-hybridized carbons (Fsp3) is 0.286. The van der Waals surface area contributed by atoms with Crippen molar-refractivity contribution in [2.45, 2.75) is 6.04 Å². The minimum atomic E-state index is -0.344. The Bertz CT molecular complexity index is 244. The van der Waals surface area contributed by atoms with Crippen molar-refractivity contribution < 1.29 is 5.11 Å². The lowest BCUT2D eigenvalue weighted by atomic mass is 10.2. The Morgan fingerprint density at radius 2 is 2.64 bits per heavy atom. The van der Waals surface area contributed by atoms with Crippen LogP contribution in [0.5, 0.6) is 0 Å². The van der Waals surface area contributed by atoms with E-state index in [-0.39, 0.29) is 12.6 Å². The highest BCUT2D eigenvalue weighted by molar-refractivity contribution is 5.19. The second kappa shape index (κ2) is 3.32. The van der Waals surface area contributed by atoms with E-state index in [0.29, 0.717) is 0 Å². The second-order valence-electron chi connectivity index (χ2n) is 2.23. The maximum Gasteiger partial charge on any atom is 0.0625 e. The molecule has 11 heavy (non-hydrogen) atoms. The number of nitrogens with two attached hydrogens (primary N) is 1. The van der Waals surface area contributed by atoms with Gasteiger partial charge in [0.2, 0.25) is 0 Å². The molecule has 60 valence electrons. The van der Waals surface area contributed by atoms with Gasteiger partial charge in [0, 0.05) is 18.0 Å². The Balaban J connectivity index is 2.79. The van der Waals surface area contributed by atoms with Gasteiger partial charge in [-0.2, -0.15) is 5.10 Å². The minimum absolute atomic E-state index is 0.0666. The highest BCUT2D eigenvalue weighted by Gasteiger charge is 2.05. The fourth-order valence-electron chi connectivity index (χ4n) is 0.749. The van der Waals surface area contributed by atoms with Crippen molar-refractivity contribution in [3.63, 3.8) is 0 Å². The standard InChI is InChI=1S/C7H11N3O/c1-2-10-4-6(3-9-10)7(8)5-11/h2-4,7,11H,1,5,8H2/t7-/m1/s1. The topological polar surface area (TPSA) is 64.1 Å². The summed E-state index contributed by atoms with van der Waals surface area (Å²) in [6.45, 7) is 3.46. The van der Waals surface area contributed by atoms with Gasteiger partial charge >= 0.3 is 0 Å². The third-order valence-electron chi connectivity index (χ3n) is 1.43. The Kier molecular flexibility index (Phi) is 2.40. The molecule has 0 radical (unpaired) electrons. The molecule has 4 nitrogen and oxygen atoms in total. The summed E-state index contributed by atoms with van der Waals surface area (Å²) in [7, 11) is 0. The first-order chi connectivity index (χ1) is 5.27. The van der Waals surface area contributed by atoms with E-state index < -0.39 is 0 Å². The number of nitrogens with zero attached hydrogens (tertiary/aromatic N) is 2. The van der Waals surface area contributed by atoms with E-state index in [1.807, 2.05) is 0 Å². The molecule has 0 saturated heterocycles. The summed E-state index contributed by atoms with van der Waals surface area (Å²) >= 11 is 0. The van der Waals surface area contributed by atoms with Crippen molar-refractivity contribution in [1.29, 1.82) is 0 Å². The van der Waals surface area contributed by atoms with Crippen LogP contribution in [0.1, 0.15) is 11.6 Å². The van der Waals surface area contributed by atoms with Crippen molar-refractivity contribution in [3.8, 4) is 0 Å². The lowest BCUT2D eigenvalue weighted by molar-refractivity contribution is 0.268. The molecular formula is C7H11N3O. The molecule has 0 aliphatic rings. The molecule has 0 aliphatic heterocycles. The van der Waals surface area contributed by atoms with E-state index in [4.69, 9.17) is 10.8 Å². The highest BCUT2D eigenvalue weighted by Crippen LogP contribution is 2.07. The zero-order valence-corrected chi connectivity index (χ0v) is 6.14. The summed E-state index contributed by atoms with van der Waals surface area (Å²) < 4.78 is 1.55. The number of hydrogen-bond acceptors (Lipinski definition) is 3. The SMILES string of the molecule is C=Cn1cc([C@H](N)CO)cn1. The van der Waals surface area contributed by atoms with E-state index >= 15 is 0 Å². The van der Waals surface area contributed by atoms with E-state index in [9.17, 15) is 0 Å². The zero-order chi connectivity index (χ0) is 8.27. The van der Waals surface area contributed by atoms with Gasteiger partial charge in [0.25, 0.3) is 0 Å². The predicted octanol–water partition coefficient (Wildman–Crippen LogP) is -0.0243. The summed E-state index contributed by atoms with van der Waals surface area (Å²) in [6.07, 6.45) is 4.91. The van der Waals surface area contributed by atoms with Gasteiger partial charge in [0.15, 0.2) is 0 Å². The molecule has 1 atom stereocenters. The van der Waals surface area contributed by atoms with Crippen molar-refractivity contribution in [3.05, 3.63) is 24.5 Å². The Morgan fingerprint density at radius 3 is 3.09 bits per heavy atom. The molecule has 3 N–H and O–H groups in total. The van der Waals surface area contributed by atoms with E-state index in [1.54, 1.807) is 23.3 Å². The quantitative estimate of drug-likeness (QED) is 0.641. The predicted molar refractivity (Wildman–Crippen MR) is 42.6 cm³/mol. The third kappa shape index (κ3) is 1.66. The van der Waals surface area contributed by atoms with Gasteiger partial charge in [-0.3, -0.25) is 0 Å². The molecule has 0 fully saturated rings. The zero-order valence-electron chi connectivity index (χ0n) is 6.14. The molecule has 0 aliphatic carbocycles. The number of aliphatic hydroxyl groups is 1. The fourth-order valence-corrected chi connectivity index (χ4v) is 0.749. The molecule has 1 rings (SSSR count). The molecule has 0 bridgehead atoms. The lowest BCUT2D eigenvalue weighted by Gasteiger charge is -2.01. The molecule has 0 unspecified atom stereocenters. The number of aromatic nitrogens is 2. The molecule has 0 aromatic carbocycles. The van der Waals surface area contributed by atoms with Gasteiger partial charge < -0.3 is 10.8 Å². The van der Waals surface area contributed by atoms with Crippen LogP contribution >= 0.6 is 0 Å². The molecule has 4 heteroatoms. The van der Waals surface area contributed by atoms with Crippen LogP contribution in [-0.2, 0) is 0 Å². The summed E-state index contributed by atoms with van der Waals surface area (Å²) in [5.41, 5.74) is 6.34. The maximum absolute atomic E-state index is 8.68. The van der Waals surface area contributed by atoms with E-state index in [2.05, 4.69) is 11.7 Å². The van der Waals surface area contributed by atoms with Crippen LogP contribution in [-0.4, -0.2) is 21.5 Å². The smallest absolute Gasteiger partial charge is 0.0625 e. The lowest BCUT2D eigenvalue weighted by Crippen LogP contribution is -2.13. The number of rotatable bonds is 3. The molecule has 0 saturated carbocycles. The molecule has 1 aromatic heterocycles. The van der Waals surface area contributed by atoms with Crippen LogP contribution < -0.4 is 5.73 Å². The monoisotopic (exact) mass is 153 g/mol. The largest absolute Gasteiger partial charge is 0.394 e. The molecule has 0 amide bonds. The second-order valence-corrected chi connectivity index (χ2v) is 2.23. The van der Waals surface area contributed by atoms with Crippen LogP contribution in [0.2, 0.25) is 0 Å². The third-order valence-corrected chi connectivity index (χ3v) is 1.43. The summed E-state index contributed by atoms with van der Waals surface area (Å²) in [6, 6.07) is -0.344. The Morgan fingerprint density at radius 1 is 1.91 bits per heavy atom. The van der Waals surface area contributed by atoms with Gasteiger partial charge in [0.1, 0.15) is 0 Å². The van der Waals surface area contributed by atoms with Crippen LogP contribution in [0, 0.1) is 0 Å². The first-order valence-corrected chi connectivity index (χ1v) is 3.31. The van der Waals surface area contributed by atoms with Gasteiger partial charge in [-0.05, 0) is 0 Å². The average molecular weight is 153 g/mol. The van der Waals surface area contributed by atoms with Gasteiger partial charge in [-0.1, -0.05) is 6.58 Å². The number of hydrogen-bond donors (Lipinski definition) is 2. The van der Waals surface area contributed by atoms with Gasteiger partial charge in [-0.25, -0.2) is 4.68 Å². The maximum atomic E-state index is 8.68. The summed E-state index contributed by atoms with van der Waals surface area (Å²) in [4.78, 5) is 0. The summed E-state index contributed by atoms with van der Waals surface area (Å²) in [5, 5.41) is 12.6. The van der Waals surface area contributed by atoms with Crippen LogP contribution in [0.25, 0.3) is 6.20 Å². The van der Waals surface area contributed by atoms with Crippen molar-refractivity contribution >= 4 is 6.20 Å². The van der Waals surface area contributed by atoms with E-state index in [0.717, 1.165) is 5.56 Å². The molecule has 1 heterocycles. The van der Waals surface area contributed by atoms with Crippen LogP contribution in [0.15, 0.2) is 19.0 Å². The first kappa shape index (κ1) is 7.97. The Labute approximate surface area is 64.9 Å². The van der Waals surface area contributed by atoms with Crippen molar-refractivity contribution in [1.82, 2.24) is 9.78 Å². The molecule has 1 aromatic rings. The van der Waals surface area contributed by atoms with Crippen LogP contribution in [0.3, 0.4) is 0 Å². The average Bonchev–Trinajstić information content (AvgIpc) is 2.50.